The van der Waals surface area contributed by atoms with E-state index in [4.69, 9.17) is 4.74 Å². The van der Waals surface area contributed by atoms with Crippen LogP contribution in [0.5, 0.6) is 5.75 Å². The van der Waals surface area contributed by atoms with Crippen molar-refractivity contribution < 1.29 is 26.4 Å². The van der Waals surface area contributed by atoms with E-state index in [1.54, 1.807) is 35.2 Å². The molecule has 9 nitrogen and oxygen atoms in total. The molecule has 0 unspecified atom stereocenters. The van der Waals surface area contributed by atoms with E-state index in [1.165, 1.54) is 22.5 Å². The third-order valence-electron chi connectivity index (χ3n) is 5.02. The van der Waals surface area contributed by atoms with Gasteiger partial charge in [0.2, 0.25) is 10.0 Å². The van der Waals surface area contributed by atoms with Gasteiger partial charge >= 0.3 is 0 Å². The smallest absolute Gasteiger partial charge is 0.261 e. The number of rotatable bonds is 7. The van der Waals surface area contributed by atoms with Crippen molar-refractivity contribution in [1.29, 1.82) is 0 Å². The van der Waals surface area contributed by atoms with Gasteiger partial charge in [0, 0.05) is 37.4 Å². The molecular weight excluding hydrogens is 454 g/mol. The van der Waals surface area contributed by atoms with Gasteiger partial charge < -0.3 is 9.64 Å². The molecule has 1 aliphatic heterocycles. The average molecular weight is 482 g/mol. The maximum atomic E-state index is 13.0. The zero-order valence-electron chi connectivity index (χ0n) is 18.0. The normalized spacial score (nSPS) is 15.8. The summed E-state index contributed by atoms with van der Waals surface area (Å²) in [5.74, 6) is 0.299. The molecule has 1 amide bonds. The lowest BCUT2D eigenvalue weighted by Gasteiger charge is -2.21. The van der Waals surface area contributed by atoms with Gasteiger partial charge in [-0.25, -0.2) is 21.1 Å². The van der Waals surface area contributed by atoms with Crippen molar-refractivity contribution in [3.8, 4) is 5.75 Å². The Labute approximate surface area is 189 Å². The third-order valence-corrected chi connectivity index (χ3v) is 7.70. The minimum atomic E-state index is -3.91. The number of hydrogen-bond donors (Lipinski definition) is 1. The van der Waals surface area contributed by atoms with Gasteiger partial charge in [-0.3, -0.25) is 9.52 Å². The molecule has 32 heavy (non-hydrogen) atoms. The molecule has 0 radical (unpaired) electrons. The van der Waals surface area contributed by atoms with Crippen molar-refractivity contribution in [3.05, 3.63) is 54.1 Å². The van der Waals surface area contributed by atoms with Crippen LogP contribution in [0.15, 0.2) is 53.4 Å². The van der Waals surface area contributed by atoms with Gasteiger partial charge in [-0.1, -0.05) is 6.07 Å². The van der Waals surface area contributed by atoms with Crippen molar-refractivity contribution >= 4 is 31.6 Å². The second-order valence-electron chi connectivity index (χ2n) is 7.40. The summed E-state index contributed by atoms with van der Waals surface area (Å²) in [6.07, 6.45) is 1.66. The van der Waals surface area contributed by atoms with Gasteiger partial charge in [0.25, 0.3) is 15.9 Å². The second-order valence-corrected chi connectivity index (χ2v) is 11.1. The SMILES string of the molecule is CCOc1ccc(NS(=O)(=O)c2cccc(C(=O)N3CCCN(S(C)(=O)=O)CC3)c2)cc1. The van der Waals surface area contributed by atoms with Crippen molar-refractivity contribution in [3.63, 3.8) is 0 Å². The molecule has 0 atom stereocenters. The maximum Gasteiger partial charge on any atom is 0.261 e. The molecule has 1 heterocycles. The van der Waals surface area contributed by atoms with Gasteiger partial charge in [-0.05, 0) is 55.8 Å². The highest BCUT2D eigenvalue weighted by Crippen LogP contribution is 2.21. The minimum Gasteiger partial charge on any atom is -0.494 e. The van der Waals surface area contributed by atoms with Crippen LogP contribution in [0.25, 0.3) is 0 Å². The van der Waals surface area contributed by atoms with E-state index in [0.29, 0.717) is 37.6 Å². The Morgan fingerprint density at radius 1 is 1.00 bits per heavy atom. The van der Waals surface area contributed by atoms with Crippen molar-refractivity contribution in [1.82, 2.24) is 9.21 Å². The lowest BCUT2D eigenvalue weighted by Crippen LogP contribution is -2.37. The number of sulfonamides is 2. The molecule has 0 aliphatic carbocycles. The Bertz CT molecular complexity index is 1160. The molecule has 2 aromatic carbocycles. The summed E-state index contributed by atoms with van der Waals surface area (Å²) in [6.45, 7) is 3.57. The fourth-order valence-electron chi connectivity index (χ4n) is 3.41. The molecule has 1 saturated heterocycles. The van der Waals surface area contributed by atoms with Crippen LogP contribution in [-0.2, 0) is 20.0 Å². The molecular formula is C21H27N3O6S2. The van der Waals surface area contributed by atoms with E-state index in [1.807, 2.05) is 6.92 Å². The Hall–Kier alpha value is -2.63. The predicted octanol–water partition coefficient (Wildman–Crippen LogP) is 1.99. The Balaban J connectivity index is 1.74. The monoisotopic (exact) mass is 481 g/mol. The fraction of sp³-hybridized carbons (Fsp3) is 0.381. The first-order valence-electron chi connectivity index (χ1n) is 10.2. The van der Waals surface area contributed by atoms with E-state index >= 15 is 0 Å². The molecule has 1 aliphatic rings. The van der Waals surface area contributed by atoms with Crippen LogP contribution in [0, 0.1) is 0 Å². The topological polar surface area (TPSA) is 113 Å². The number of carbonyl (C=O) groups excluding carboxylic acids is 1. The lowest BCUT2D eigenvalue weighted by molar-refractivity contribution is 0.0764. The van der Waals surface area contributed by atoms with Crippen LogP contribution in [0.4, 0.5) is 5.69 Å². The highest BCUT2D eigenvalue weighted by molar-refractivity contribution is 7.92. The van der Waals surface area contributed by atoms with Gasteiger partial charge in [-0.2, -0.15) is 0 Å². The third kappa shape index (κ3) is 5.99. The van der Waals surface area contributed by atoms with Crippen LogP contribution >= 0.6 is 0 Å². The van der Waals surface area contributed by atoms with Crippen molar-refractivity contribution in [2.45, 2.75) is 18.2 Å². The van der Waals surface area contributed by atoms with Gasteiger partial charge in [-0.15, -0.1) is 0 Å². The number of amides is 1. The van der Waals surface area contributed by atoms with E-state index in [-0.39, 0.29) is 29.5 Å². The van der Waals surface area contributed by atoms with E-state index in [2.05, 4.69) is 4.72 Å². The number of anilines is 1. The van der Waals surface area contributed by atoms with Gasteiger partial charge in [0.15, 0.2) is 0 Å². The van der Waals surface area contributed by atoms with Crippen molar-refractivity contribution in [2.24, 2.45) is 0 Å². The molecule has 2 aromatic rings. The summed E-state index contributed by atoms with van der Waals surface area (Å²) >= 11 is 0. The number of nitrogens with one attached hydrogen (secondary N) is 1. The predicted molar refractivity (Wildman–Crippen MR) is 122 cm³/mol. The first kappa shape index (κ1) is 24.0. The second kappa shape index (κ2) is 9.88. The average Bonchev–Trinajstić information content (AvgIpc) is 3.01. The maximum absolute atomic E-state index is 13.0. The number of benzene rings is 2. The zero-order valence-corrected chi connectivity index (χ0v) is 19.7. The first-order valence-corrected chi connectivity index (χ1v) is 13.5. The number of hydrogen-bond acceptors (Lipinski definition) is 6. The van der Waals surface area contributed by atoms with Crippen molar-refractivity contribution in [2.75, 3.05) is 43.8 Å². The summed E-state index contributed by atoms with van der Waals surface area (Å²) in [4.78, 5) is 14.5. The largest absolute Gasteiger partial charge is 0.494 e. The highest BCUT2D eigenvalue weighted by atomic mass is 32.2. The number of nitrogens with zero attached hydrogens (tertiary/aromatic N) is 2. The molecule has 0 aromatic heterocycles. The Morgan fingerprint density at radius 2 is 1.72 bits per heavy atom. The molecule has 0 saturated carbocycles. The lowest BCUT2D eigenvalue weighted by atomic mass is 10.2. The summed E-state index contributed by atoms with van der Waals surface area (Å²) < 4.78 is 58.4. The van der Waals surface area contributed by atoms with Gasteiger partial charge in [0.05, 0.1) is 17.8 Å². The standard InChI is InChI=1S/C21H27N3O6S2/c1-3-30-19-10-8-18(9-11-19)22-32(28,29)20-7-4-6-17(16-20)21(25)23-12-5-13-24(15-14-23)31(2,26)27/h4,6-11,16,22H,3,5,12-15H2,1-2H3. The fourth-order valence-corrected chi connectivity index (χ4v) is 5.39. The summed E-state index contributed by atoms with van der Waals surface area (Å²) in [5, 5.41) is 0. The van der Waals surface area contributed by atoms with E-state index in [9.17, 15) is 21.6 Å². The molecule has 0 spiro atoms. The molecule has 3 rings (SSSR count). The molecule has 0 bridgehead atoms. The summed E-state index contributed by atoms with van der Waals surface area (Å²) in [6, 6.07) is 12.4. The van der Waals surface area contributed by atoms with Gasteiger partial charge in [0.1, 0.15) is 5.75 Å². The van der Waals surface area contributed by atoms with Crippen LogP contribution in [0.1, 0.15) is 23.7 Å². The first-order chi connectivity index (χ1) is 15.1. The number of ether oxygens (including phenoxy) is 1. The minimum absolute atomic E-state index is 0.0372. The Morgan fingerprint density at radius 3 is 2.38 bits per heavy atom. The molecule has 174 valence electrons. The molecule has 1 fully saturated rings. The Kier molecular flexibility index (Phi) is 7.42. The van der Waals surface area contributed by atoms with E-state index in [0.717, 1.165) is 6.26 Å². The zero-order chi connectivity index (χ0) is 23.4. The van der Waals surface area contributed by atoms with Crippen LogP contribution < -0.4 is 9.46 Å². The number of carbonyl (C=O) groups is 1. The summed E-state index contributed by atoms with van der Waals surface area (Å²) in [7, 11) is -7.23. The quantitative estimate of drug-likeness (QED) is 0.647. The summed E-state index contributed by atoms with van der Waals surface area (Å²) in [5.41, 5.74) is 0.603. The highest BCUT2D eigenvalue weighted by Gasteiger charge is 2.25. The van der Waals surface area contributed by atoms with E-state index < -0.39 is 20.0 Å². The van der Waals surface area contributed by atoms with Crippen LogP contribution in [-0.4, -0.2) is 71.0 Å². The van der Waals surface area contributed by atoms with Crippen LogP contribution in [0.3, 0.4) is 0 Å². The van der Waals surface area contributed by atoms with Crippen LogP contribution in [0.2, 0.25) is 0 Å². The molecule has 1 N–H and O–H groups in total. The molecule has 11 heteroatoms.